The summed E-state index contributed by atoms with van der Waals surface area (Å²) in [5.41, 5.74) is 0. The quantitative estimate of drug-likeness (QED) is 0.402. The lowest BCUT2D eigenvalue weighted by atomic mass is 9.80. The van der Waals surface area contributed by atoms with Crippen LogP contribution in [0.1, 0.15) is 107 Å². The molecule has 0 aliphatic rings. The van der Waals surface area contributed by atoms with Gasteiger partial charge in [-0.3, -0.25) is 0 Å². The molecule has 0 saturated carbocycles. The topological polar surface area (TPSA) is 0 Å². The summed E-state index contributed by atoms with van der Waals surface area (Å²) in [5, 5.41) is 0. The van der Waals surface area contributed by atoms with Crippen molar-refractivity contribution in [2.24, 2.45) is 11.8 Å². The van der Waals surface area contributed by atoms with E-state index in [4.69, 9.17) is 0 Å². The molecule has 0 radical (unpaired) electrons. The summed E-state index contributed by atoms with van der Waals surface area (Å²) in [7, 11) is 0. The Hall–Kier alpha value is 0. The van der Waals surface area contributed by atoms with Gasteiger partial charge in [0.15, 0.2) is 0 Å². The van der Waals surface area contributed by atoms with Crippen LogP contribution < -0.4 is 0 Å². The molecule has 114 valence electrons. The fraction of sp³-hybridized carbons (Fsp3) is 1.00. The largest absolute Gasteiger partial charge is 0.0683 e. The molecule has 0 rings (SSSR count). The van der Waals surface area contributed by atoms with E-state index in [0.29, 0.717) is 0 Å². The molecule has 0 heterocycles. The van der Waals surface area contributed by atoms with E-state index in [-0.39, 0.29) is 0 Å². The van der Waals surface area contributed by atoms with Crippen molar-refractivity contribution in [3.05, 3.63) is 0 Å². The first-order valence-electron chi connectivity index (χ1n) is 8.79. The van der Waals surface area contributed by atoms with Gasteiger partial charge in [0, 0.05) is 0 Å². The van der Waals surface area contributed by atoms with Crippen LogP contribution in [0.15, 0.2) is 0 Å². The zero-order chi connectivity index (χ0) is 14.8. The molecular formula is C18H42. The molecule has 0 atom stereocenters. The highest BCUT2D eigenvalue weighted by molar-refractivity contribution is 4.69. The van der Waals surface area contributed by atoms with Gasteiger partial charge in [0.05, 0.1) is 0 Å². The van der Waals surface area contributed by atoms with Crippen molar-refractivity contribution in [2.45, 2.75) is 107 Å². The molecule has 0 spiro atoms. The number of hydrogen-bond acceptors (Lipinski definition) is 0. The predicted octanol–water partition coefficient (Wildman–Crippen LogP) is 7.47. The Kier molecular flexibility index (Phi) is 28.5. The van der Waals surface area contributed by atoms with Gasteiger partial charge in [0.1, 0.15) is 0 Å². The van der Waals surface area contributed by atoms with Gasteiger partial charge in [-0.05, 0) is 11.8 Å². The second kappa shape index (κ2) is 22.2. The van der Waals surface area contributed by atoms with Gasteiger partial charge in [-0.15, -0.1) is 0 Å². The van der Waals surface area contributed by atoms with Crippen LogP contribution in [0.5, 0.6) is 0 Å². The molecule has 0 aromatic heterocycles. The van der Waals surface area contributed by atoms with Gasteiger partial charge in [-0.1, -0.05) is 107 Å². The van der Waals surface area contributed by atoms with Crippen LogP contribution >= 0.6 is 0 Å². The molecule has 0 amide bonds. The summed E-state index contributed by atoms with van der Waals surface area (Å²) in [6, 6.07) is 0. The molecular weight excluding hydrogens is 216 g/mol. The molecule has 0 saturated heterocycles. The predicted molar refractivity (Wildman–Crippen MR) is 89.3 cm³/mol. The third-order valence-corrected chi connectivity index (χ3v) is 3.30. The first-order chi connectivity index (χ1) is 8.79. The first-order valence-corrected chi connectivity index (χ1v) is 8.79. The van der Waals surface area contributed by atoms with Gasteiger partial charge < -0.3 is 0 Å². The average Bonchev–Trinajstić information content (AvgIpc) is 2.43. The van der Waals surface area contributed by atoms with E-state index in [9.17, 15) is 0 Å². The molecule has 18 heavy (non-hydrogen) atoms. The minimum Gasteiger partial charge on any atom is -0.0683 e. The van der Waals surface area contributed by atoms with E-state index in [1.807, 2.05) is 27.7 Å². The summed E-state index contributed by atoms with van der Waals surface area (Å²) >= 11 is 0. The number of rotatable bonds is 9. The fourth-order valence-corrected chi connectivity index (χ4v) is 2.71. The minimum absolute atomic E-state index is 1.02. The van der Waals surface area contributed by atoms with Crippen LogP contribution in [0.2, 0.25) is 0 Å². The lowest BCUT2D eigenvalue weighted by Crippen LogP contribution is -2.14. The van der Waals surface area contributed by atoms with E-state index >= 15 is 0 Å². The van der Waals surface area contributed by atoms with E-state index in [1.165, 1.54) is 51.4 Å². The molecule has 0 fully saturated rings. The van der Waals surface area contributed by atoms with Crippen molar-refractivity contribution >= 4 is 0 Å². The molecule has 0 aromatic rings. The smallest absolute Gasteiger partial charge is 0.0386 e. The third-order valence-electron chi connectivity index (χ3n) is 3.30. The molecule has 0 heteroatoms. The lowest BCUT2D eigenvalue weighted by molar-refractivity contribution is 0.255. The van der Waals surface area contributed by atoms with Crippen LogP contribution in [0.4, 0.5) is 0 Å². The van der Waals surface area contributed by atoms with E-state index in [0.717, 1.165) is 11.8 Å². The summed E-state index contributed by atoms with van der Waals surface area (Å²) in [6.45, 7) is 17.3. The zero-order valence-electron chi connectivity index (χ0n) is 14.8. The summed E-state index contributed by atoms with van der Waals surface area (Å²) in [4.78, 5) is 0. The lowest BCUT2D eigenvalue weighted by Gasteiger charge is -2.26. The molecule has 0 nitrogen and oxygen atoms in total. The van der Waals surface area contributed by atoms with Crippen LogP contribution in [0, 0.1) is 11.8 Å². The van der Waals surface area contributed by atoms with Crippen LogP contribution in [-0.4, -0.2) is 0 Å². The zero-order valence-corrected chi connectivity index (χ0v) is 14.8. The van der Waals surface area contributed by atoms with Gasteiger partial charge in [-0.25, -0.2) is 0 Å². The van der Waals surface area contributed by atoms with Gasteiger partial charge in [0.25, 0.3) is 0 Å². The fourth-order valence-electron chi connectivity index (χ4n) is 2.71. The highest BCUT2D eigenvalue weighted by Crippen LogP contribution is 2.30. The Morgan fingerprint density at radius 2 is 0.611 bits per heavy atom. The van der Waals surface area contributed by atoms with Crippen LogP contribution in [-0.2, 0) is 0 Å². The average molecular weight is 259 g/mol. The SMILES string of the molecule is CC.CC.CCCC(CCC)C(CCC)CCC. The minimum atomic E-state index is 1.02. The maximum atomic E-state index is 2.33. The normalized spacial score (nSPS) is 9.67. The monoisotopic (exact) mass is 258 g/mol. The van der Waals surface area contributed by atoms with Crippen molar-refractivity contribution < 1.29 is 0 Å². The molecule has 0 unspecified atom stereocenters. The third kappa shape index (κ3) is 14.1. The van der Waals surface area contributed by atoms with E-state index in [2.05, 4.69) is 27.7 Å². The number of hydrogen-bond donors (Lipinski definition) is 0. The van der Waals surface area contributed by atoms with Crippen molar-refractivity contribution in [3.63, 3.8) is 0 Å². The summed E-state index contributed by atoms with van der Waals surface area (Å²) in [5.74, 6) is 2.04. The Balaban J connectivity index is -0.000000506. The molecule has 0 aliphatic carbocycles. The second-order valence-electron chi connectivity index (χ2n) is 4.67. The second-order valence-corrected chi connectivity index (χ2v) is 4.67. The van der Waals surface area contributed by atoms with Crippen molar-refractivity contribution in [1.29, 1.82) is 0 Å². The Morgan fingerprint density at radius 3 is 0.722 bits per heavy atom. The van der Waals surface area contributed by atoms with Gasteiger partial charge >= 0.3 is 0 Å². The van der Waals surface area contributed by atoms with Crippen LogP contribution in [0.3, 0.4) is 0 Å². The van der Waals surface area contributed by atoms with Gasteiger partial charge in [0.2, 0.25) is 0 Å². The molecule has 0 aliphatic heterocycles. The Labute approximate surface area is 119 Å². The van der Waals surface area contributed by atoms with Crippen LogP contribution in [0.25, 0.3) is 0 Å². The van der Waals surface area contributed by atoms with E-state index < -0.39 is 0 Å². The van der Waals surface area contributed by atoms with Crippen molar-refractivity contribution in [3.8, 4) is 0 Å². The van der Waals surface area contributed by atoms with Crippen molar-refractivity contribution in [2.75, 3.05) is 0 Å². The standard InChI is InChI=1S/C14H30.2C2H6/c1-5-9-13(10-6-2)14(11-7-3)12-8-4;2*1-2/h13-14H,5-12H2,1-4H3;2*1-2H3. The maximum Gasteiger partial charge on any atom is -0.0386 e. The first kappa shape index (κ1) is 23.1. The molecule has 0 bridgehead atoms. The Bertz CT molecular complexity index is 80.6. The van der Waals surface area contributed by atoms with Gasteiger partial charge in [-0.2, -0.15) is 0 Å². The summed E-state index contributed by atoms with van der Waals surface area (Å²) in [6.07, 6.45) is 11.3. The maximum absolute atomic E-state index is 2.33. The Morgan fingerprint density at radius 1 is 0.444 bits per heavy atom. The molecule has 0 N–H and O–H groups in total. The van der Waals surface area contributed by atoms with E-state index in [1.54, 1.807) is 0 Å². The summed E-state index contributed by atoms with van der Waals surface area (Å²) < 4.78 is 0. The highest BCUT2D eigenvalue weighted by atomic mass is 14.2. The van der Waals surface area contributed by atoms with Crippen molar-refractivity contribution in [1.82, 2.24) is 0 Å². The molecule has 0 aromatic carbocycles. The highest BCUT2D eigenvalue weighted by Gasteiger charge is 2.18.